The molecular weight excluding hydrogens is 74.1 g/mol. The van der Waals surface area contributed by atoms with Gasteiger partial charge in [0.1, 0.15) is 0 Å². The maximum absolute atomic E-state index is 7.13. The van der Waals surface area contributed by atoms with Crippen molar-refractivity contribution in [1.82, 2.24) is 5.73 Å². The predicted molar refractivity (Wildman–Crippen MR) is 25.4 cm³/mol. The van der Waals surface area contributed by atoms with Crippen LogP contribution in [0.2, 0.25) is 0 Å². The van der Waals surface area contributed by atoms with Gasteiger partial charge in [0.15, 0.2) is 0 Å². The molecule has 0 aliphatic heterocycles. The Balaban J connectivity index is 2.18. The van der Waals surface area contributed by atoms with Gasteiger partial charge in [-0.1, -0.05) is 12.8 Å². The minimum Gasteiger partial charge on any atom is -0.255 e. The molecule has 1 fully saturated rings. The molecule has 1 rings (SSSR count). The predicted octanol–water partition coefficient (Wildman–Crippen LogP) is 1.21. The normalized spacial score (nSPS) is 25.5. The summed E-state index contributed by atoms with van der Waals surface area (Å²) >= 11 is 0. The highest BCUT2D eigenvalue weighted by Crippen LogP contribution is 2.15. The molecule has 1 heteroatoms. The second-order valence-electron chi connectivity index (χ2n) is 1.98. The van der Waals surface area contributed by atoms with E-state index in [1.165, 1.54) is 12.8 Å². The van der Waals surface area contributed by atoms with Crippen molar-refractivity contribution in [1.29, 1.82) is 0 Å². The lowest BCUT2D eigenvalue weighted by Crippen LogP contribution is -1.98. The van der Waals surface area contributed by atoms with Crippen molar-refractivity contribution in [3.63, 3.8) is 0 Å². The Labute approximate surface area is 38.5 Å². The summed E-state index contributed by atoms with van der Waals surface area (Å²) in [5.41, 5.74) is 7.13. The van der Waals surface area contributed by atoms with Crippen molar-refractivity contribution in [2.75, 3.05) is 0 Å². The fraction of sp³-hybridized carbons (Fsp3) is 1.00. The van der Waals surface area contributed by atoms with Gasteiger partial charge in [0.2, 0.25) is 0 Å². The summed E-state index contributed by atoms with van der Waals surface area (Å²) in [7, 11) is 0. The lowest BCUT2D eigenvalue weighted by atomic mass is 10.3. The number of rotatable bonds is 0. The minimum atomic E-state index is 0.296. The van der Waals surface area contributed by atoms with E-state index in [4.69, 9.17) is 5.73 Å². The summed E-state index contributed by atoms with van der Waals surface area (Å²) in [5, 5.41) is 0. The van der Waals surface area contributed by atoms with Crippen LogP contribution in [0.25, 0.3) is 0 Å². The van der Waals surface area contributed by atoms with Crippen LogP contribution in [-0.2, 0) is 0 Å². The first-order valence-corrected chi connectivity index (χ1v) is 2.61. The highest BCUT2D eigenvalue weighted by atomic mass is 14.6. The molecule has 35 valence electrons. The zero-order valence-corrected chi connectivity index (χ0v) is 3.91. The lowest BCUT2D eigenvalue weighted by molar-refractivity contribution is 0.682. The average Bonchev–Trinajstić information content (AvgIpc) is 1.86. The van der Waals surface area contributed by atoms with Crippen LogP contribution in [0.4, 0.5) is 0 Å². The largest absolute Gasteiger partial charge is 0.255 e. The van der Waals surface area contributed by atoms with E-state index < -0.39 is 0 Å². The zero-order chi connectivity index (χ0) is 4.41. The maximum Gasteiger partial charge on any atom is 0.0213 e. The number of nitrogens with one attached hydrogen (secondary N) is 1. The topological polar surface area (TPSA) is 23.8 Å². The second kappa shape index (κ2) is 1.61. The van der Waals surface area contributed by atoms with E-state index in [0.29, 0.717) is 6.04 Å². The van der Waals surface area contributed by atoms with Gasteiger partial charge in [-0.25, -0.2) is 0 Å². The quantitative estimate of drug-likeness (QED) is 0.421. The molecule has 0 aromatic heterocycles. The molecule has 1 radical (unpaired) electrons. The van der Waals surface area contributed by atoms with Gasteiger partial charge in [0, 0.05) is 6.04 Å². The molecular formula is C5H10N. The molecule has 0 amide bonds. The summed E-state index contributed by atoms with van der Waals surface area (Å²) < 4.78 is 0. The van der Waals surface area contributed by atoms with Gasteiger partial charge in [-0.2, -0.15) is 0 Å². The van der Waals surface area contributed by atoms with Crippen molar-refractivity contribution in [2.45, 2.75) is 31.7 Å². The van der Waals surface area contributed by atoms with Crippen molar-refractivity contribution in [3.05, 3.63) is 0 Å². The van der Waals surface area contributed by atoms with Crippen molar-refractivity contribution >= 4 is 0 Å². The summed E-state index contributed by atoms with van der Waals surface area (Å²) in [5.74, 6) is 0. The van der Waals surface area contributed by atoms with Crippen LogP contribution in [0, 0.1) is 0 Å². The molecule has 1 saturated carbocycles. The van der Waals surface area contributed by atoms with Gasteiger partial charge in [-0.05, 0) is 12.8 Å². The number of hydrogen-bond acceptors (Lipinski definition) is 0. The molecule has 0 atom stereocenters. The molecule has 6 heavy (non-hydrogen) atoms. The highest BCUT2D eigenvalue weighted by Gasteiger charge is 2.08. The van der Waals surface area contributed by atoms with E-state index in [1.807, 2.05) is 0 Å². The van der Waals surface area contributed by atoms with Crippen molar-refractivity contribution < 1.29 is 0 Å². The molecule has 0 unspecified atom stereocenters. The summed E-state index contributed by atoms with van der Waals surface area (Å²) in [6.45, 7) is 0. The van der Waals surface area contributed by atoms with E-state index in [1.54, 1.807) is 0 Å². The standard InChI is InChI=1S/C5H10N/c6-5-3-1-2-4-5/h5-6H,1-4H2. The Bertz CT molecular complexity index is 37.2. The average molecular weight is 84.1 g/mol. The van der Waals surface area contributed by atoms with Gasteiger partial charge in [-0.15, -0.1) is 0 Å². The molecule has 0 bridgehead atoms. The molecule has 0 saturated heterocycles. The van der Waals surface area contributed by atoms with Crippen LogP contribution >= 0.6 is 0 Å². The van der Waals surface area contributed by atoms with E-state index in [-0.39, 0.29) is 0 Å². The molecule has 1 nitrogen and oxygen atoms in total. The Kier molecular flexibility index (Phi) is 1.10. The van der Waals surface area contributed by atoms with Gasteiger partial charge in [0.05, 0.1) is 0 Å². The summed E-state index contributed by atoms with van der Waals surface area (Å²) in [6, 6.07) is 0.296. The maximum atomic E-state index is 7.13. The Morgan fingerprint density at radius 3 is 1.83 bits per heavy atom. The second-order valence-corrected chi connectivity index (χ2v) is 1.98. The van der Waals surface area contributed by atoms with E-state index in [2.05, 4.69) is 0 Å². The molecule has 0 aromatic rings. The SMILES string of the molecule is [NH]C1CCCC1. The van der Waals surface area contributed by atoms with Gasteiger partial charge in [-0.3, -0.25) is 5.73 Å². The zero-order valence-electron chi connectivity index (χ0n) is 3.91. The third-order valence-electron chi connectivity index (χ3n) is 1.36. The van der Waals surface area contributed by atoms with Crippen LogP contribution < -0.4 is 5.73 Å². The van der Waals surface area contributed by atoms with Crippen LogP contribution in [-0.4, -0.2) is 6.04 Å². The van der Waals surface area contributed by atoms with Crippen LogP contribution in [0.1, 0.15) is 25.7 Å². The Hall–Kier alpha value is -0.0400. The molecule has 1 N–H and O–H groups in total. The Morgan fingerprint density at radius 1 is 1.17 bits per heavy atom. The fourth-order valence-corrected chi connectivity index (χ4v) is 0.926. The molecule has 1 aliphatic carbocycles. The third-order valence-corrected chi connectivity index (χ3v) is 1.36. The van der Waals surface area contributed by atoms with Gasteiger partial charge in [0.25, 0.3) is 0 Å². The first-order valence-electron chi connectivity index (χ1n) is 2.61. The lowest BCUT2D eigenvalue weighted by Gasteiger charge is -1.90. The smallest absolute Gasteiger partial charge is 0.0213 e. The van der Waals surface area contributed by atoms with Crippen molar-refractivity contribution in [3.8, 4) is 0 Å². The minimum absolute atomic E-state index is 0.296. The van der Waals surface area contributed by atoms with Crippen molar-refractivity contribution in [2.24, 2.45) is 0 Å². The molecule has 1 aliphatic rings. The van der Waals surface area contributed by atoms with Crippen LogP contribution in [0.15, 0.2) is 0 Å². The fourth-order valence-electron chi connectivity index (χ4n) is 0.926. The highest BCUT2D eigenvalue weighted by molar-refractivity contribution is 4.67. The van der Waals surface area contributed by atoms with Crippen LogP contribution in [0.5, 0.6) is 0 Å². The van der Waals surface area contributed by atoms with Gasteiger partial charge < -0.3 is 0 Å². The van der Waals surface area contributed by atoms with Crippen LogP contribution in [0.3, 0.4) is 0 Å². The Morgan fingerprint density at radius 2 is 1.67 bits per heavy atom. The van der Waals surface area contributed by atoms with E-state index >= 15 is 0 Å². The first-order chi connectivity index (χ1) is 2.89. The van der Waals surface area contributed by atoms with E-state index in [9.17, 15) is 0 Å². The molecule has 0 heterocycles. The van der Waals surface area contributed by atoms with E-state index in [0.717, 1.165) is 12.8 Å². The molecule has 0 spiro atoms. The summed E-state index contributed by atoms with van der Waals surface area (Å²) in [4.78, 5) is 0. The van der Waals surface area contributed by atoms with Gasteiger partial charge >= 0.3 is 0 Å². The molecule has 0 aromatic carbocycles. The summed E-state index contributed by atoms with van der Waals surface area (Å²) in [6.07, 6.45) is 4.91. The monoisotopic (exact) mass is 84.1 g/mol. The third kappa shape index (κ3) is 0.716. The number of hydrogen-bond donors (Lipinski definition) is 0. The first kappa shape index (κ1) is 4.13.